The van der Waals surface area contributed by atoms with Crippen molar-refractivity contribution in [2.45, 2.75) is 71.3 Å². The van der Waals surface area contributed by atoms with Crippen LogP contribution in [0.2, 0.25) is 0 Å². The van der Waals surface area contributed by atoms with Gasteiger partial charge in [0.15, 0.2) is 0 Å². The minimum Gasteiger partial charge on any atom is -0.314 e. The lowest BCUT2D eigenvalue weighted by Gasteiger charge is -2.31. The molecule has 0 aliphatic heterocycles. The van der Waals surface area contributed by atoms with Gasteiger partial charge in [0.1, 0.15) is 0 Å². The highest BCUT2D eigenvalue weighted by Gasteiger charge is 2.41. The number of hydrogen-bond acceptors (Lipinski definition) is 1. The summed E-state index contributed by atoms with van der Waals surface area (Å²) in [4.78, 5) is 0. The van der Waals surface area contributed by atoms with Gasteiger partial charge in [0.25, 0.3) is 0 Å². The molecule has 0 radical (unpaired) electrons. The van der Waals surface area contributed by atoms with Crippen molar-refractivity contribution in [3.8, 4) is 0 Å². The number of nitrogens with one attached hydrogen (secondary N) is 1. The highest BCUT2D eigenvalue weighted by atomic mass is 14.9. The van der Waals surface area contributed by atoms with E-state index in [1.165, 1.54) is 25.7 Å². The van der Waals surface area contributed by atoms with Crippen molar-refractivity contribution in [2.24, 2.45) is 29.6 Å². The number of hydrogen-bond donors (Lipinski definition) is 1. The molecule has 1 heteroatoms. The smallest absolute Gasteiger partial charge is 0.00980 e. The van der Waals surface area contributed by atoms with E-state index in [1.807, 2.05) is 0 Å². The maximum atomic E-state index is 3.83. The molecule has 104 valence electrons. The Labute approximate surface area is 113 Å². The molecule has 0 amide bonds. The fraction of sp³-hybridized carbons (Fsp3) is 1.00. The Morgan fingerprint density at radius 2 is 1.94 bits per heavy atom. The molecule has 2 bridgehead atoms. The molecular formula is C17H31N. The van der Waals surface area contributed by atoms with Gasteiger partial charge in [-0.05, 0) is 74.7 Å². The van der Waals surface area contributed by atoms with Crippen molar-refractivity contribution in [3.05, 3.63) is 0 Å². The van der Waals surface area contributed by atoms with Crippen LogP contribution in [0.15, 0.2) is 0 Å². The SMILES string of the molecule is CCNC(CC1CC2CCC1C2)C1CCC(C)C1. The summed E-state index contributed by atoms with van der Waals surface area (Å²) < 4.78 is 0. The van der Waals surface area contributed by atoms with Crippen LogP contribution in [0.5, 0.6) is 0 Å². The third kappa shape index (κ3) is 2.61. The first-order valence-electron chi connectivity index (χ1n) is 8.49. The Morgan fingerprint density at radius 3 is 2.50 bits per heavy atom. The van der Waals surface area contributed by atoms with E-state index >= 15 is 0 Å². The highest BCUT2D eigenvalue weighted by molar-refractivity contribution is 4.93. The van der Waals surface area contributed by atoms with Gasteiger partial charge in [0, 0.05) is 6.04 Å². The normalized spacial score (nSPS) is 44.7. The minimum atomic E-state index is 0.837. The van der Waals surface area contributed by atoms with Crippen LogP contribution in [0.3, 0.4) is 0 Å². The zero-order valence-corrected chi connectivity index (χ0v) is 12.3. The third-order valence-electron chi connectivity index (χ3n) is 6.21. The van der Waals surface area contributed by atoms with Crippen LogP contribution < -0.4 is 5.32 Å². The van der Waals surface area contributed by atoms with Gasteiger partial charge in [-0.3, -0.25) is 0 Å². The number of rotatable bonds is 5. The average molecular weight is 249 g/mol. The second-order valence-corrected chi connectivity index (χ2v) is 7.51. The van der Waals surface area contributed by atoms with E-state index in [0.29, 0.717) is 0 Å². The van der Waals surface area contributed by atoms with Crippen LogP contribution in [0.1, 0.15) is 65.2 Å². The molecule has 6 unspecified atom stereocenters. The molecule has 0 saturated heterocycles. The predicted octanol–water partition coefficient (Wildman–Crippen LogP) is 4.23. The first-order chi connectivity index (χ1) is 8.76. The summed E-state index contributed by atoms with van der Waals surface area (Å²) in [6, 6.07) is 0.837. The molecule has 0 spiro atoms. The van der Waals surface area contributed by atoms with Crippen LogP contribution in [0.4, 0.5) is 0 Å². The van der Waals surface area contributed by atoms with Gasteiger partial charge in [-0.15, -0.1) is 0 Å². The van der Waals surface area contributed by atoms with Crippen LogP contribution >= 0.6 is 0 Å². The van der Waals surface area contributed by atoms with E-state index in [4.69, 9.17) is 0 Å². The van der Waals surface area contributed by atoms with Crippen molar-refractivity contribution in [1.82, 2.24) is 5.32 Å². The Bertz CT molecular complexity index is 275. The van der Waals surface area contributed by atoms with Gasteiger partial charge in [-0.25, -0.2) is 0 Å². The zero-order chi connectivity index (χ0) is 12.5. The van der Waals surface area contributed by atoms with Gasteiger partial charge in [-0.2, -0.15) is 0 Å². The zero-order valence-electron chi connectivity index (χ0n) is 12.3. The molecule has 1 N–H and O–H groups in total. The van der Waals surface area contributed by atoms with Crippen molar-refractivity contribution in [3.63, 3.8) is 0 Å². The molecule has 0 heterocycles. The molecule has 0 aromatic carbocycles. The van der Waals surface area contributed by atoms with E-state index in [-0.39, 0.29) is 0 Å². The van der Waals surface area contributed by atoms with E-state index < -0.39 is 0 Å². The summed E-state index contributed by atoms with van der Waals surface area (Å²) in [5.74, 6) is 5.26. The van der Waals surface area contributed by atoms with Crippen molar-refractivity contribution in [2.75, 3.05) is 6.54 Å². The maximum Gasteiger partial charge on any atom is 0.00980 e. The second-order valence-electron chi connectivity index (χ2n) is 7.51. The third-order valence-corrected chi connectivity index (χ3v) is 6.21. The van der Waals surface area contributed by atoms with E-state index in [2.05, 4.69) is 19.2 Å². The first-order valence-corrected chi connectivity index (χ1v) is 8.49. The lowest BCUT2D eigenvalue weighted by molar-refractivity contribution is 0.236. The number of fused-ring (bicyclic) bond motifs is 2. The molecule has 3 saturated carbocycles. The molecule has 0 aromatic heterocycles. The summed E-state index contributed by atoms with van der Waals surface area (Å²) in [7, 11) is 0. The largest absolute Gasteiger partial charge is 0.314 e. The Hall–Kier alpha value is -0.0400. The molecule has 3 fully saturated rings. The molecular weight excluding hydrogens is 218 g/mol. The van der Waals surface area contributed by atoms with E-state index in [0.717, 1.165) is 42.2 Å². The fourth-order valence-corrected chi connectivity index (χ4v) is 5.31. The molecule has 1 nitrogen and oxygen atoms in total. The first kappa shape index (κ1) is 13.0. The Morgan fingerprint density at radius 1 is 1.06 bits per heavy atom. The van der Waals surface area contributed by atoms with Crippen LogP contribution in [-0.2, 0) is 0 Å². The second kappa shape index (κ2) is 5.53. The highest BCUT2D eigenvalue weighted by Crippen LogP contribution is 2.50. The lowest BCUT2D eigenvalue weighted by Crippen LogP contribution is -2.37. The van der Waals surface area contributed by atoms with E-state index in [1.54, 1.807) is 25.7 Å². The fourth-order valence-electron chi connectivity index (χ4n) is 5.31. The lowest BCUT2D eigenvalue weighted by atomic mass is 9.80. The average Bonchev–Trinajstić information content (AvgIpc) is 3.04. The predicted molar refractivity (Wildman–Crippen MR) is 77.5 cm³/mol. The van der Waals surface area contributed by atoms with Crippen LogP contribution in [-0.4, -0.2) is 12.6 Å². The summed E-state index contributed by atoms with van der Waals surface area (Å²) >= 11 is 0. The molecule has 3 aliphatic rings. The summed E-state index contributed by atoms with van der Waals surface area (Å²) in [5.41, 5.74) is 0. The van der Waals surface area contributed by atoms with Gasteiger partial charge < -0.3 is 5.32 Å². The maximum absolute atomic E-state index is 3.83. The monoisotopic (exact) mass is 249 g/mol. The summed E-state index contributed by atoms with van der Waals surface area (Å²) in [5, 5.41) is 3.83. The Kier molecular flexibility index (Phi) is 3.98. The molecule has 6 atom stereocenters. The summed E-state index contributed by atoms with van der Waals surface area (Å²) in [6.07, 6.45) is 12.2. The van der Waals surface area contributed by atoms with Gasteiger partial charge in [-0.1, -0.05) is 26.7 Å². The topological polar surface area (TPSA) is 12.0 Å². The quantitative estimate of drug-likeness (QED) is 0.769. The van der Waals surface area contributed by atoms with Crippen molar-refractivity contribution >= 4 is 0 Å². The van der Waals surface area contributed by atoms with Gasteiger partial charge in [0.2, 0.25) is 0 Å². The van der Waals surface area contributed by atoms with Crippen molar-refractivity contribution < 1.29 is 0 Å². The van der Waals surface area contributed by atoms with Crippen LogP contribution in [0, 0.1) is 29.6 Å². The minimum absolute atomic E-state index is 0.837. The molecule has 3 aliphatic carbocycles. The van der Waals surface area contributed by atoms with Gasteiger partial charge in [0.05, 0.1) is 0 Å². The molecule has 18 heavy (non-hydrogen) atoms. The van der Waals surface area contributed by atoms with Gasteiger partial charge >= 0.3 is 0 Å². The van der Waals surface area contributed by atoms with E-state index in [9.17, 15) is 0 Å². The van der Waals surface area contributed by atoms with Crippen molar-refractivity contribution in [1.29, 1.82) is 0 Å². The Balaban J connectivity index is 1.56. The molecule has 0 aromatic rings. The standard InChI is InChI=1S/C17H31N/c1-3-18-17(15-6-4-12(2)8-15)11-16-10-13-5-7-14(16)9-13/h12-18H,3-11H2,1-2H3. The van der Waals surface area contributed by atoms with Crippen LogP contribution in [0.25, 0.3) is 0 Å². The molecule has 3 rings (SSSR count). The summed E-state index contributed by atoms with van der Waals surface area (Å²) in [6.45, 7) is 5.89.